The number of ether oxygens (including phenoxy) is 1. The van der Waals surface area contributed by atoms with E-state index in [-0.39, 0.29) is 17.2 Å². The third-order valence-electron chi connectivity index (χ3n) is 4.08. The molecule has 0 heterocycles. The molecule has 1 fully saturated rings. The van der Waals surface area contributed by atoms with Gasteiger partial charge in [0.25, 0.3) is 0 Å². The van der Waals surface area contributed by atoms with Crippen LogP contribution in [0, 0.1) is 17.7 Å². The van der Waals surface area contributed by atoms with Gasteiger partial charge >= 0.3 is 5.97 Å². The van der Waals surface area contributed by atoms with Gasteiger partial charge in [0.05, 0.1) is 12.7 Å². The van der Waals surface area contributed by atoms with Crippen LogP contribution in [0.4, 0.5) is 4.39 Å². The van der Waals surface area contributed by atoms with Gasteiger partial charge in [0.2, 0.25) is 0 Å². The summed E-state index contributed by atoms with van der Waals surface area (Å²) < 4.78 is 18.1. The molecule has 18 heavy (non-hydrogen) atoms. The zero-order valence-corrected chi connectivity index (χ0v) is 10.7. The van der Waals surface area contributed by atoms with Crippen LogP contribution in [0.5, 0.6) is 5.75 Å². The molecule has 3 nitrogen and oxygen atoms in total. The van der Waals surface area contributed by atoms with Gasteiger partial charge in [-0.2, -0.15) is 0 Å². The third-order valence-corrected chi connectivity index (χ3v) is 4.08. The Kier molecular flexibility index (Phi) is 3.28. The van der Waals surface area contributed by atoms with Crippen LogP contribution < -0.4 is 0 Å². The summed E-state index contributed by atoms with van der Waals surface area (Å²) in [6, 6.07) is 2.42. The SMILES string of the molecule is COC(=O)c1cc(C2C[C@@H](C)C2C)c(O)cc1F. The van der Waals surface area contributed by atoms with Crippen LogP contribution >= 0.6 is 0 Å². The van der Waals surface area contributed by atoms with Crippen molar-refractivity contribution in [3.05, 3.63) is 29.1 Å². The molecule has 1 aliphatic rings. The van der Waals surface area contributed by atoms with Gasteiger partial charge in [-0.1, -0.05) is 13.8 Å². The van der Waals surface area contributed by atoms with Gasteiger partial charge in [-0.3, -0.25) is 0 Å². The van der Waals surface area contributed by atoms with Crippen LogP contribution in [0.3, 0.4) is 0 Å². The number of hydrogen-bond acceptors (Lipinski definition) is 3. The van der Waals surface area contributed by atoms with Crippen molar-refractivity contribution in [3.8, 4) is 5.75 Å². The first-order chi connectivity index (χ1) is 8.45. The molecule has 0 spiro atoms. The molecule has 2 unspecified atom stereocenters. The molecule has 0 saturated heterocycles. The monoisotopic (exact) mass is 252 g/mol. The van der Waals surface area contributed by atoms with Crippen molar-refractivity contribution in [2.45, 2.75) is 26.2 Å². The molecule has 98 valence electrons. The molecule has 0 aromatic heterocycles. The lowest BCUT2D eigenvalue weighted by Gasteiger charge is -2.41. The highest BCUT2D eigenvalue weighted by atomic mass is 19.1. The first-order valence-corrected chi connectivity index (χ1v) is 6.06. The van der Waals surface area contributed by atoms with Crippen molar-refractivity contribution in [1.29, 1.82) is 0 Å². The maximum absolute atomic E-state index is 13.6. The number of phenols is 1. The fourth-order valence-corrected chi connectivity index (χ4v) is 2.58. The smallest absolute Gasteiger partial charge is 0.340 e. The standard InChI is InChI=1S/C14H17FO3/c1-7-4-9(8(7)2)10-5-11(14(17)18-3)12(15)6-13(10)16/h5-9,16H,4H2,1-3H3/t7-,8?,9?/m1/s1. The lowest BCUT2D eigenvalue weighted by molar-refractivity contribution is 0.0595. The van der Waals surface area contributed by atoms with E-state index < -0.39 is 11.8 Å². The molecule has 0 amide bonds. The van der Waals surface area contributed by atoms with E-state index in [9.17, 15) is 14.3 Å². The number of benzene rings is 1. The van der Waals surface area contributed by atoms with Crippen LogP contribution in [0.25, 0.3) is 0 Å². The van der Waals surface area contributed by atoms with Crippen molar-refractivity contribution in [1.82, 2.24) is 0 Å². The van der Waals surface area contributed by atoms with E-state index in [0.717, 1.165) is 12.5 Å². The van der Waals surface area contributed by atoms with Gasteiger partial charge in [-0.05, 0) is 35.8 Å². The summed E-state index contributed by atoms with van der Waals surface area (Å²) in [6.45, 7) is 4.24. The zero-order valence-electron chi connectivity index (χ0n) is 10.7. The Hall–Kier alpha value is -1.58. The lowest BCUT2D eigenvalue weighted by atomic mass is 9.63. The molecule has 1 aliphatic carbocycles. The Morgan fingerprint density at radius 3 is 2.61 bits per heavy atom. The van der Waals surface area contributed by atoms with Gasteiger partial charge in [-0.15, -0.1) is 0 Å². The summed E-state index contributed by atoms with van der Waals surface area (Å²) in [6.07, 6.45) is 0.945. The van der Waals surface area contributed by atoms with Gasteiger partial charge < -0.3 is 9.84 Å². The van der Waals surface area contributed by atoms with E-state index in [4.69, 9.17) is 0 Å². The fraction of sp³-hybridized carbons (Fsp3) is 0.500. The highest BCUT2D eigenvalue weighted by Gasteiger charge is 2.37. The summed E-state index contributed by atoms with van der Waals surface area (Å²) in [5.41, 5.74) is 0.527. The molecule has 1 aromatic carbocycles. The van der Waals surface area contributed by atoms with Crippen molar-refractivity contribution >= 4 is 5.97 Å². The molecule has 0 radical (unpaired) electrons. The van der Waals surface area contributed by atoms with Crippen LogP contribution in [-0.4, -0.2) is 18.2 Å². The minimum atomic E-state index is -0.747. The Balaban J connectivity index is 2.39. The van der Waals surface area contributed by atoms with E-state index in [1.165, 1.54) is 13.2 Å². The first-order valence-electron chi connectivity index (χ1n) is 6.06. The largest absolute Gasteiger partial charge is 0.508 e. The normalized spacial score (nSPS) is 26.6. The van der Waals surface area contributed by atoms with Crippen molar-refractivity contribution in [3.63, 3.8) is 0 Å². The van der Waals surface area contributed by atoms with Crippen LogP contribution in [0.15, 0.2) is 12.1 Å². The summed E-state index contributed by atoms with van der Waals surface area (Å²) in [5.74, 6) is -0.349. The van der Waals surface area contributed by atoms with E-state index >= 15 is 0 Å². The second-order valence-electron chi connectivity index (χ2n) is 5.06. The summed E-state index contributed by atoms with van der Waals surface area (Å²) in [4.78, 5) is 11.4. The third kappa shape index (κ3) is 1.96. The summed E-state index contributed by atoms with van der Waals surface area (Å²) in [7, 11) is 1.21. The van der Waals surface area contributed by atoms with Gasteiger partial charge in [-0.25, -0.2) is 9.18 Å². The lowest BCUT2D eigenvalue weighted by Crippen LogP contribution is -2.30. The molecule has 4 heteroatoms. The Morgan fingerprint density at radius 2 is 2.11 bits per heavy atom. The molecule has 1 saturated carbocycles. The zero-order chi connectivity index (χ0) is 13.4. The average Bonchev–Trinajstić information content (AvgIpc) is 2.35. The molecule has 1 N–H and O–H groups in total. The molecule has 0 bridgehead atoms. The molecule has 0 aliphatic heterocycles. The summed E-state index contributed by atoms with van der Waals surface area (Å²) in [5, 5.41) is 9.82. The predicted molar refractivity (Wildman–Crippen MR) is 65.1 cm³/mol. The molecule has 2 rings (SSSR count). The summed E-state index contributed by atoms with van der Waals surface area (Å²) >= 11 is 0. The molecule has 3 atom stereocenters. The van der Waals surface area contributed by atoms with E-state index in [0.29, 0.717) is 17.4 Å². The Labute approximate surface area is 106 Å². The maximum Gasteiger partial charge on any atom is 0.340 e. The second-order valence-corrected chi connectivity index (χ2v) is 5.06. The van der Waals surface area contributed by atoms with Crippen LogP contribution in [0.1, 0.15) is 42.1 Å². The van der Waals surface area contributed by atoms with E-state index in [2.05, 4.69) is 18.6 Å². The van der Waals surface area contributed by atoms with Crippen molar-refractivity contribution in [2.24, 2.45) is 11.8 Å². The minimum absolute atomic E-state index is 0.0797. The quantitative estimate of drug-likeness (QED) is 0.823. The number of aromatic hydroxyl groups is 1. The molecule has 1 aromatic rings. The number of phenolic OH excluding ortho intramolecular Hbond substituents is 1. The van der Waals surface area contributed by atoms with E-state index in [1.807, 2.05) is 0 Å². The van der Waals surface area contributed by atoms with E-state index in [1.54, 1.807) is 0 Å². The number of methoxy groups -OCH3 is 1. The molecular weight excluding hydrogens is 235 g/mol. The van der Waals surface area contributed by atoms with Crippen molar-refractivity contribution < 1.29 is 19.0 Å². The Bertz CT molecular complexity index is 484. The topological polar surface area (TPSA) is 46.5 Å². The molecular formula is C14H17FO3. The Morgan fingerprint density at radius 1 is 1.44 bits per heavy atom. The number of carbonyl (C=O) groups excluding carboxylic acids is 1. The average molecular weight is 252 g/mol. The second kappa shape index (κ2) is 4.59. The van der Waals surface area contributed by atoms with Crippen LogP contribution in [0.2, 0.25) is 0 Å². The highest BCUT2D eigenvalue weighted by molar-refractivity contribution is 5.90. The van der Waals surface area contributed by atoms with Gasteiger partial charge in [0, 0.05) is 6.07 Å². The van der Waals surface area contributed by atoms with Gasteiger partial charge in [0.1, 0.15) is 11.6 Å². The fourth-order valence-electron chi connectivity index (χ4n) is 2.58. The number of halogens is 1. The number of hydrogen-bond donors (Lipinski definition) is 1. The number of rotatable bonds is 2. The highest BCUT2D eigenvalue weighted by Crippen LogP contribution is 2.49. The first kappa shape index (κ1) is 12.9. The van der Waals surface area contributed by atoms with Crippen LogP contribution in [-0.2, 0) is 4.74 Å². The minimum Gasteiger partial charge on any atom is -0.508 e. The van der Waals surface area contributed by atoms with Crippen molar-refractivity contribution in [2.75, 3.05) is 7.11 Å². The predicted octanol–water partition coefficient (Wildman–Crippen LogP) is 3.08. The number of carbonyl (C=O) groups is 1. The maximum atomic E-state index is 13.6. The number of esters is 1. The van der Waals surface area contributed by atoms with Gasteiger partial charge in [0.15, 0.2) is 0 Å².